The van der Waals surface area contributed by atoms with Crippen LogP contribution in [0.2, 0.25) is 0 Å². The average molecular weight is 431 g/mol. The first-order valence-corrected chi connectivity index (χ1v) is 9.14. The zero-order valence-electron chi connectivity index (χ0n) is 17.0. The van der Waals surface area contributed by atoms with Gasteiger partial charge in [-0.25, -0.2) is 0 Å². The number of hydrogen-bond donors (Lipinski definition) is 7. The van der Waals surface area contributed by atoms with E-state index in [1.165, 1.54) is 6.92 Å². The van der Waals surface area contributed by atoms with Gasteiger partial charge in [-0.05, 0) is 19.3 Å². The molecular weight excluding hydrogens is 402 g/mol. The van der Waals surface area contributed by atoms with Gasteiger partial charge in [-0.3, -0.25) is 28.8 Å². The van der Waals surface area contributed by atoms with Crippen LogP contribution < -0.4 is 27.4 Å². The van der Waals surface area contributed by atoms with Crippen LogP contribution in [-0.2, 0) is 28.8 Å². The van der Waals surface area contributed by atoms with E-state index in [1.807, 2.05) is 0 Å². The van der Waals surface area contributed by atoms with E-state index in [-0.39, 0.29) is 12.3 Å². The first-order chi connectivity index (χ1) is 13.7. The monoisotopic (exact) mass is 431 g/mol. The van der Waals surface area contributed by atoms with Crippen LogP contribution in [-0.4, -0.2) is 69.9 Å². The first-order valence-electron chi connectivity index (χ1n) is 9.14. The largest absolute Gasteiger partial charge is 0.481 e. The van der Waals surface area contributed by atoms with Crippen LogP contribution in [0.3, 0.4) is 0 Å². The molecule has 0 spiro atoms. The molecule has 0 saturated carbocycles. The second-order valence-electron chi connectivity index (χ2n) is 7.20. The maximum Gasteiger partial charge on any atom is 0.325 e. The van der Waals surface area contributed by atoms with Crippen LogP contribution in [0.1, 0.15) is 40.0 Å². The number of carbonyl (C=O) groups excluding carboxylic acids is 4. The number of rotatable bonds is 13. The lowest BCUT2D eigenvalue weighted by Crippen LogP contribution is -2.57. The number of primary amides is 1. The van der Waals surface area contributed by atoms with Crippen molar-refractivity contribution in [1.29, 1.82) is 0 Å². The molecule has 13 heteroatoms. The minimum Gasteiger partial charge on any atom is -0.481 e. The maximum atomic E-state index is 12.6. The molecule has 9 N–H and O–H groups in total. The van der Waals surface area contributed by atoms with Crippen molar-refractivity contribution in [3.63, 3.8) is 0 Å². The highest BCUT2D eigenvalue weighted by Gasteiger charge is 2.31. The normalized spacial score (nSPS) is 14.7. The molecular formula is C17H29N5O8. The Kier molecular flexibility index (Phi) is 11.0. The Morgan fingerprint density at radius 1 is 0.800 bits per heavy atom. The second kappa shape index (κ2) is 12.4. The molecule has 0 rings (SSSR count). The fourth-order valence-electron chi connectivity index (χ4n) is 2.32. The van der Waals surface area contributed by atoms with Gasteiger partial charge in [0.05, 0.1) is 18.9 Å². The van der Waals surface area contributed by atoms with Gasteiger partial charge in [0.1, 0.15) is 18.1 Å². The summed E-state index contributed by atoms with van der Waals surface area (Å²) in [5.41, 5.74) is 10.4. The number of carbonyl (C=O) groups is 6. The summed E-state index contributed by atoms with van der Waals surface area (Å²) in [4.78, 5) is 69.8. The smallest absolute Gasteiger partial charge is 0.325 e. The van der Waals surface area contributed by atoms with E-state index >= 15 is 0 Å². The fraction of sp³-hybridized carbons (Fsp3) is 0.647. The standard InChI is InChI=1S/C17H29N5O8/c1-7(2)4-10(15(27)20-8(3)17(29)30)22-16(28)11(6-13(24)25)21-14(26)9(18)5-12(19)23/h7-11H,4-6,18H2,1-3H3,(H2,19,23)(H,20,27)(H,21,26)(H,22,28)(H,24,25)(H,29,30). The van der Waals surface area contributed by atoms with Crippen molar-refractivity contribution in [1.82, 2.24) is 16.0 Å². The van der Waals surface area contributed by atoms with Gasteiger partial charge in [0.25, 0.3) is 0 Å². The summed E-state index contributed by atoms with van der Waals surface area (Å²) in [6.45, 7) is 4.75. The van der Waals surface area contributed by atoms with Crippen LogP contribution in [0.25, 0.3) is 0 Å². The number of nitrogens with one attached hydrogen (secondary N) is 3. The molecule has 0 saturated heterocycles. The molecule has 0 aromatic carbocycles. The molecule has 4 amide bonds. The predicted molar refractivity (Wildman–Crippen MR) is 103 cm³/mol. The van der Waals surface area contributed by atoms with Gasteiger partial charge < -0.3 is 37.6 Å². The molecule has 0 heterocycles. The molecule has 30 heavy (non-hydrogen) atoms. The van der Waals surface area contributed by atoms with E-state index in [0.717, 1.165) is 0 Å². The molecule has 0 aliphatic carbocycles. The zero-order valence-corrected chi connectivity index (χ0v) is 17.0. The summed E-state index contributed by atoms with van der Waals surface area (Å²) in [5.74, 6) is -6.38. The van der Waals surface area contributed by atoms with Crippen molar-refractivity contribution in [2.24, 2.45) is 17.4 Å². The number of nitrogens with two attached hydrogens (primary N) is 2. The van der Waals surface area contributed by atoms with Crippen molar-refractivity contribution in [2.45, 2.75) is 64.2 Å². The summed E-state index contributed by atoms with van der Waals surface area (Å²) >= 11 is 0. The number of carboxylic acids is 2. The zero-order chi connectivity index (χ0) is 23.6. The van der Waals surface area contributed by atoms with Crippen molar-refractivity contribution in [3.8, 4) is 0 Å². The summed E-state index contributed by atoms with van der Waals surface area (Å²) < 4.78 is 0. The Morgan fingerprint density at radius 3 is 1.73 bits per heavy atom. The minimum atomic E-state index is -1.59. The van der Waals surface area contributed by atoms with Crippen LogP contribution >= 0.6 is 0 Å². The van der Waals surface area contributed by atoms with Crippen molar-refractivity contribution in [3.05, 3.63) is 0 Å². The molecule has 0 bridgehead atoms. The van der Waals surface area contributed by atoms with E-state index in [4.69, 9.17) is 21.7 Å². The summed E-state index contributed by atoms with van der Waals surface area (Å²) in [6.07, 6.45) is -1.21. The number of aliphatic carboxylic acids is 2. The van der Waals surface area contributed by atoms with E-state index in [9.17, 15) is 28.8 Å². The summed E-state index contributed by atoms with van der Waals surface area (Å²) in [7, 11) is 0. The maximum absolute atomic E-state index is 12.6. The third kappa shape index (κ3) is 10.4. The van der Waals surface area contributed by atoms with Crippen molar-refractivity contribution in [2.75, 3.05) is 0 Å². The highest BCUT2D eigenvalue weighted by atomic mass is 16.4. The SMILES string of the molecule is CC(C)CC(NC(=O)C(CC(=O)O)NC(=O)C(N)CC(N)=O)C(=O)NC(C)C(=O)O. The molecule has 13 nitrogen and oxygen atoms in total. The topological polar surface area (TPSA) is 231 Å². The van der Waals surface area contributed by atoms with Crippen LogP contribution in [0.5, 0.6) is 0 Å². The lowest BCUT2D eigenvalue weighted by Gasteiger charge is -2.25. The minimum absolute atomic E-state index is 0.0855. The molecule has 0 aliphatic heterocycles. The predicted octanol–water partition coefficient (Wildman–Crippen LogP) is -2.73. The lowest BCUT2D eigenvalue weighted by atomic mass is 10.0. The van der Waals surface area contributed by atoms with Crippen LogP contribution in [0, 0.1) is 5.92 Å². The van der Waals surface area contributed by atoms with Crippen LogP contribution in [0.15, 0.2) is 0 Å². The van der Waals surface area contributed by atoms with Crippen molar-refractivity contribution >= 4 is 35.6 Å². The Labute approximate surface area is 172 Å². The first kappa shape index (κ1) is 26.8. The molecule has 170 valence electrons. The Balaban J connectivity index is 5.38. The van der Waals surface area contributed by atoms with E-state index in [2.05, 4.69) is 16.0 Å². The van der Waals surface area contributed by atoms with Crippen LogP contribution in [0.4, 0.5) is 0 Å². The fourth-order valence-corrected chi connectivity index (χ4v) is 2.32. The highest BCUT2D eigenvalue weighted by molar-refractivity contribution is 5.96. The molecule has 0 aromatic rings. The van der Waals surface area contributed by atoms with Gasteiger partial charge >= 0.3 is 11.9 Å². The van der Waals surface area contributed by atoms with Gasteiger partial charge in [-0.1, -0.05) is 13.8 Å². The number of hydrogen-bond acceptors (Lipinski definition) is 7. The molecule has 0 radical (unpaired) electrons. The Bertz CT molecular complexity index is 681. The second-order valence-corrected chi connectivity index (χ2v) is 7.20. The van der Waals surface area contributed by atoms with E-state index in [1.54, 1.807) is 13.8 Å². The Morgan fingerprint density at radius 2 is 1.30 bits per heavy atom. The number of carboxylic acid groups (broad SMARTS) is 2. The Hall–Kier alpha value is -3.22. The molecule has 0 aromatic heterocycles. The average Bonchev–Trinajstić information content (AvgIpc) is 2.58. The quantitative estimate of drug-likeness (QED) is 0.160. The van der Waals surface area contributed by atoms with Gasteiger partial charge in [0, 0.05) is 0 Å². The van der Waals surface area contributed by atoms with Crippen molar-refractivity contribution < 1.29 is 39.0 Å². The number of amides is 4. The third-order valence-electron chi connectivity index (χ3n) is 3.84. The van der Waals surface area contributed by atoms with Gasteiger partial charge in [-0.2, -0.15) is 0 Å². The van der Waals surface area contributed by atoms with E-state index in [0.29, 0.717) is 0 Å². The molecule has 4 unspecified atom stereocenters. The molecule has 0 aliphatic rings. The highest BCUT2D eigenvalue weighted by Crippen LogP contribution is 2.07. The third-order valence-corrected chi connectivity index (χ3v) is 3.84. The summed E-state index contributed by atoms with van der Waals surface area (Å²) in [5, 5.41) is 24.6. The lowest BCUT2D eigenvalue weighted by molar-refractivity contribution is -0.143. The molecule has 4 atom stereocenters. The molecule has 0 fully saturated rings. The van der Waals surface area contributed by atoms with Gasteiger partial charge in [0.2, 0.25) is 23.6 Å². The van der Waals surface area contributed by atoms with E-state index < -0.39 is 72.6 Å². The van der Waals surface area contributed by atoms with Gasteiger partial charge in [-0.15, -0.1) is 0 Å². The summed E-state index contributed by atoms with van der Waals surface area (Å²) in [6, 6.07) is -5.37. The van der Waals surface area contributed by atoms with Gasteiger partial charge in [0.15, 0.2) is 0 Å².